The molecule has 0 N–H and O–H groups in total. The van der Waals surface area contributed by atoms with Gasteiger partial charge in [0.15, 0.2) is 5.76 Å². The number of ether oxygens (including phenoxy) is 2. The van der Waals surface area contributed by atoms with E-state index in [1.165, 1.54) is 0 Å². The zero-order valence-electron chi connectivity index (χ0n) is 14.4. The fraction of sp³-hybridized carbons (Fsp3) is 0.474. The monoisotopic (exact) mass is 342 g/mol. The van der Waals surface area contributed by atoms with Crippen molar-refractivity contribution in [2.24, 2.45) is 5.41 Å². The maximum Gasteiger partial charge on any atom is 0.222 e. The van der Waals surface area contributed by atoms with E-state index in [4.69, 9.17) is 14.0 Å². The number of benzene rings is 1. The van der Waals surface area contributed by atoms with E-state index < -0.39 is 0 Å². The number of likely N-dealkylation sites (tertiary alicyclic amines) is 1. The number of amides is 1. The second-order valence-corrected chi connectivity index (χ2v) is 6.96. The molecule has 1 aromatic heterocycles. The lowest BCUT2D eigenvalue weighted by Crippen LogP contribution is -2.46. The standard InChI is InChI=1S/C19H22N2O4/c1-23-16-4-2-14(3-5-16)17-10-15(20-25-17)11-21-12-19(7-6-18(21)22)8-9-24-13-19/h2-5,10H,6-9,11-13H2,1H3/t19-/m0/s1. The molecule has 3 heterocycles. The van der Waals surface area contributed by atoms with E-state index in [9.17, 15) is 4.79 Å². The molecule has 2 aliphatic heterocycles. The average Bonchev–Trinajstić information content (AvgIpc) is 3.29. The number of hydrogen-bond donors (Lipinski definition) is 0. The van der Waals surface area contributed by atoms with Crippen molar-refractivity contribution in [1.82, 2.24) is 10.1 Å². The summed E-state index contributed by atoms with van der Waals surface area (Å²) in [6.07, 6.45) is 2.55. The topological polar surface area (TPSA) is 64.8 Å². The minimum atomic E-state index is 0.135. The highest BCUT2D eigenvalue weighted by molar-refractivity contribution is 5.77. The Bertz CT molecular complexity index is 747. The third-order valence-electron chi connectivity index (χ3n) is 5.22. The van der Waals surface area contributed by atoms with Gasteiger partial charge >= 0.3 is 0 Å². The lowest BCUT2D eigenvalue weighted by atomic mass is 9.79. The van der Waals surface area contributed by atoms with E-state index in [2.05, 4.69) is 5.16 Å². The molecule has 6 heteroatoms. The third-order valence-corrected chi connectivity index (χ3v) is 5.22. The van der Waals surface area contributed by atoms with E-state index in [-0.39, 0.29) is 11.3 Å². The zero-order chi connectivity index (χ0) is 17.3. The van der Waals surface area contributed by atoms with Crippen LogP contribution in [0.2, 0.25) is 0 Å². The molecule has 25 heavy (non-hydrogen) atoms. The van der Waals surface area contributed by atoms with Crippen LogP contribution in [0, 0.1) is 5.41 Å². The van der Waals surface area contributed by atoms with Crippen LogP contribution in [0.4, 0.5) is 0 Å². The van der Waals surface area contributed by atoms with Gasteiger partial charge in [0, 0.05) is 36.6 Å². The molecule has 4 rings (SSSR count). The van der Waals surface area contributed by atoms with Crippen LogP contribution < -0.4 is 4.74 Å². The molecule has 1 atom stereocenters. The summed E-state index contributed by atoms with van der Waals surface area (Å²) in [7, 11) is 1.64. The van der Waals surface area contributed by atoms with Gasteiger partial charge in [-0.05, 0) is 37.1 Å². The van der Waals surface area contributed by atoms with Crippen LogP contribution in [0.15, 0.2) is 34.9 Å². The smallest absolute Gasteiger partial charge is 0.222 e. The van der Waals surface area contributed by atoms with Crippen molar-refractivity contribution in [3.63, 3.8) is 0 Å². The first-order valence-electron chi connectivity index (χ1n) is 8.63. The van der Waals surface area contributed by atoms with Crippen LogP contribution >= 0.6 is 0 Å². The lowest BCUT2D eigenvalue weighted by molar-refractivity contribution is -0.138. The summed E-state index contributed by atoms with van der Waals surface area (Å²) >= 11 is 0. The van der Waals surface area contributed by atoms with Crippen molar-refractivity contribution >= 4 is 5.91 Å². The van der Waals surface area contributed by atoms with Crippen LogP contribution in [0.25, 0.3) is 11.3 Å². The molecular weight excluding hydrogens is 320 g/mol. The molecule has 0 radical (unpaired) electrons. The third kappa shape index (κ3) is 3.26. The lowest BCUT2D eigenvalue weighted by Gasteiger charge is -2.38. The Morgan fingerprint density at radius 1 is 1.28 bits per heavy atom. The van der Waals surface area contributed by atoms with E-state index in [0.29, 0.717) is 18.7 Å². The van der Waals surface area contributed by atoms with E-state index >= 15 is 0 Å². The van der Waals surface area contributed by atoms with Gasteiger partial charge in [-0.2, -0.15) is 0 Å². The summed E-state index contributed by atoms with van der Waals surface area (Å²) in [4.78, 5) is 14.2. The molecule has 2 saturated heterocycles. The first-order chi connectivity index (χ1) is 12.2. The molecule has 0 aliphatic carbocycles. The summed E-state index contributed by atoms with van der Waals surface area (Å²) in [6.45, 7) is 2.79. The Labute approximate surface area is 146 Å². The molecule has 0 saturated carbocycles. The first kappa shape index (κ1) is 16.1. The van der Waals surface area contributed by atoms with Gasteiger partial charge in [0.2, 0.25) is 5.91 Å². The first-order valence-corrected chi connectivity index (χ1v) is 8.63. The minimum Gasteiger partial charge on any atom is -0.497 e. The Hall–Kier alpha value is -2.34. The molecule has 1 aromatic carbocycles. The fourth-order valence-corrected chi connectivity index (χ4v) is 3.69. The number of carbonyl (C=O) groups excluding carboxylic acids is 1. The molecule has 6 nitrogen and oxygen atoms in total. The summed E-state index contributed by atoms with van der Waals surface area (Å²) in [6, 6.07) is 9.53. The molecule has 0 bridgehead atoms. The van der Waals surface area contributed by atoms with Crippen LogP contribution in [0.3, 0.4) is 0 Å². The quantitative estimate of drug-likeness (QED) is 0.855. The zero-order valence-corrected chi connectivity index (χ0v) is 14.4. The Morgan fingerprint density at radius 3 is 2.84 bits per heavy atom. The number of carbonyl (C=O) groups is 1. The molecule has 1 spiro atoms. The summed E-state index contributed by atoms with van der Waals surface area (Å²) in [5, 5.41) is 4.15. The minimum absolute atomic E-state index is 0.135. The summed E-state index contributed by atoms with van der Waals surface area (Å²) in [5.74, 6) is 1.68. The van der Waals surface area contributed by atoms with Gasteiger partial charge in [-0.25, -0.2) is 0 Å². The van der Waals surface area contributed by atoms with Crippen molar-refractivity contribution < 1.29 is 18.8 Å². The molecule has 2 aromatic rings. The predicted octanol–water partition coefficient (Wildman–Crippen LogP) is 2.88. The van der Waals surface area contributed by atoms with Gasteiger partial charge in [-0.3, -0.25) is 4.79 Å². The highest BCUT2D eigenvalue weighted by Crippen LogP contribution is 2.38. The number of nitrogens with zero attached hydrogens (tertiary/aromatic N) is 2. The summed E-state index contributed by atoms with van der Waals surface area (Å²) in [5.41, 5.74) is 1.84. The van der Waals surface area contributed by atoms with Crippen molar-refractivity contribution in [1.29, 1.82) is 0 Å². The Morgan fingerprint density at radius 2 is 2.12 bits per heavy atom. The molecular formula is C19H22N2O4. The SMILES string of the molecule is COc1ccc(-c2cc(CN3C[C@@]4(CCOC4)CCC3=O)no2)cc1. The second kappa shape index (κ2) is 6.52. The molecule has 1 amide bonds. The van der Waals surface area contributed by atoms with Gasteiger partial charge in [-0.1, -0.05) is 5.16 Å². The van der Waals surface area contributed by atoms with Gasteiger partial charge in [-0.15, -0.1) is 0 Å². The van der Waals surface area contributed by atoms with Crippen molar-refractivity contribution in [3.8, 4) is 17.1 Å². The van der Waals surface area contributed by atoms with Crippen molar-refractivity contribution in [2.75, 3.05) is 26.9 Å². The normalized spacial score (nSPS) is 23.4. The second-order valence-electron chi connectivity index (χ2n) is 6.96. The van der Waals surface area contributed by atoms with Crippen LogP contribution in [0.1, 0.15) is 25.0 Å². The number of hydrogen-bond acceptors (Lipinski definition) is 5. The van der Waals surface area contributed by atoms with Crippen molar-refractivity contribution in [2.45, 2.75) is 25.8 Å². The fourth-order valence-electron chi connectivity index (χ4n) is 3.69. The Kier molecular flexibility index (Phi) is 4.21. The van der Waals surface area contributed by atoms with E-state index in [1.54, 1.807) is 7.11 Å². The highest BCUT2D eigenvalue weighted by Gasteiger charge is 2.41. The number of piperidine rings is 1. The maximum absolute atomic E-state index is 12.3. The van der Waals surface area contributed by atoms with E-state index in [0.717, 1.165) is 49.6 Å². The van der Waals surface area contributed by atoms with E-state index in [1.807, 2.05) is 35.2 Å². The molecule has 2 fully saturated rings. The molecule has 132 valence electrons. The Balaban J connectivity index is 1.47. The molecule has 0 unspecified atom stereocenters. The average molecular weight is 342 g/mol. The number of methoxy groups -OCH3 is 1. The van der Waals surface area contributed by atoms with Crippen molar-refractivity contribution in [3.05, 3.63) is 36.0 Å². The van der Waals surface area contributed by atoms with Gasteiger partial charge in [0.05, 0.1) is 20.3 Å². The molecule has 2 aliphatic rings. The number of aromatic nitrogens is 1. The largest absolute Gasteiger partial charge is 0.497 e. The van der Waals surface area contributed by atoms with Crippen LogP contribution in [0.5, 0.6) is 5.75 Å². The number of rotatable bonds is 4. The van der Waals surface area contributed by atoms with Gasteiger partial charge in [0.25, 0.3) is 0 Å². The van der Waals surface area contributed by atoms with Gasteiger partial charge in [0.1, 0.15) is 11.4 Å². The van der Waals surface area contributed by atoms with Crippen LogP contribution in [-0.2, 0) is 16.1 Å². The predicted molar refractivity (Wildman–Crippen MR) is 91.0 cm³/mol. The maximum atomic E-state index is 12.3. The highest BCUT2D eigenvalue weighted by atomic mass is 16.5. The van der Waals surface area contributed by atoms with Gasteiger partial charge < -0.3 is 18.9 Å². The van der Waals surface area contributed by atoms with Crippen LogP contribution in [-0.4, -0.2) is 42.8 Å². The summed E-state index contributed by atoms with van der Waals surface area (Å²) < 4.78 is 16.2.